The number of hydrogen-bond acceptors (Lipinski definition) is 1. The molecule has 0 bridgehead atoms. The van der Waals surface area contributed by atoms with E-state index in [9.17, 15) is 0 Å². The Bertz CT molecular complexity index is 3580. The van der Waals surface area contributed by atoms with Crippen LogP contribution in [0.2, 0.25) is 0 Å². The van der Waals surface area contributed by atoms with Gasteiger partial charge in [-0.15, -0.1) is 0 Å². The van der Waals surface area contributed by atoms with Crippen molar-refractivity contribution in [2.24, 2.45) is 0 Å². The molecule has 71 heavy (non-hydrogen) atoms. The van der Waals surface area contributed by atoms with Crippen LogP contribution < -0.4 is 4.90 Å². The highest BCUT2D eigenvalue weighted by Crippen LogP contribution is 2.59. The molecule has 2 atom stereocenters. The molecule has 10 aromatic carbocycles. The molecule has 344 valence electrons. The number of nitrogens with zero attached hydrogens (tertiary/aromatic N) is 1. The van der Waals surface area contributed by atoms with Crippen LogP contribution >= 0.6 is 0 Å². The van der Waals surface area contributed by atoms with Gasteiger partial charge >= 0.3 is 0 Å². The van der Waals surface area contributed by atoms with Gasteiger partial charge in [0.25, 0.3) is 0 Å². The molecule has 0 radical (unpaired) electrons. The summed E-state index contributed by atoms with van der Waals surface area (Å²) in [5.41, 5.74) is 22.6. The Balaban J connectivity index is 1.08. The molecule has 10 aromatic rings. The summed E-state index contributed by atoms with van der Waals surface area (Å²) in [5.74, 6) is 0. The molecule has 1 nitrogen and oxygen atoms in total. The van der Waals surface area contributed by atoms with E-state index in [1.54, 1.807) is 0 Å². The Morgan fingerprint density at radius 3 is 1.15 bits per heavy atom. The second-order valence-corrected chi connectivity index (χ2v) is 21.7. The minimum atomic E-state index is -0.553. The van der Waals surface area contributed by atoms with Gasteiger partial charge in [-0.05, 0) is 131 Å². The first kappa shape index (κ1) is 44.2. The van der Waals surface area contributed by atoms with Gasteiger partial charge in [0.1, 0.15) is 0 Å². The van der Waals surface area contributed by atoms with Crippen molar-refractivity contribution in [1.82, 2.24) is 0 Å². The molecule has 2 aliphatic rings. The van der Waals surface area contributed by atoms with E-state index in [0.717, 1.165) is 22.6 Å². The summed E-state index contributed by atoms with van der Waals surface area (Å²) >= 11 is 0. The van der Waals surface area contributed by atoms with E-state index in [4.69, 9.17) is 0 Å². The Morgan fingerprint density at radius 2 is 0.662 bits per heavy atom. The second-order valence-electron chi connectivity index (χ2n) is 21.7. The maximum atomic E-state index is 2.50. The average molecular weight is 914 g/mol. The fourth-order valence-electron chi connectivity index (χ4n) is 12.2. The molecule has 2 aliphatic carbocycles. The van der Waals surface area contributed by atoms with Crippen molar-refractivity contribution in [3.8, 4) is 33.4 Å². The highest BCUT2D eigenvalue weighted by molar-refractivity contribution is 5.94. The van der Waals surface area contributed by atoms with Crippen LogP contribution in [0.5, 0.6) is 0 Å². The van der Waals surface area contributed by atoms with Gasteiger partial charge in [-0.1, -0.05) is 254 Å². The SMILES string of the molecule is CC(C)(C)c1ccc(C2(c3ccccc3)c3ccccc3-c3ccc(-c4ccccc4N(c4ccccc4)c4ccc5c(c4)C(c4ccccc4)(c4ccc(C(C)(C)C)cc4)c4ccccc4-5)cc32)cc1. The first-order valence-electron chi connectivity index (χ1n) is 25.3. The summed E-state index contributed by atoms with van der Waals surface area (Å²) < 4.78 is 0. The molecule has 0 spiro atoms. The summed E-state index contributed by atoms with van der Waals surface area (Å²) in [5, 5.41) is 0. The third kappa shape index (κ3) is 6.97. The van der Waals surface area contributed by atoms with E-state index < -0.39 is 10.8 Å². The highest BCUT2D eigenvalue weighted by atomic mass is 15.1. The van der Waals surface area contributed by atoms with Crippen molar-refractivity contribution in [2.45, 2.75) is 63.2 Å². The van der Waals surface area contributed by atoms with Crippen molar-refractivity contribution < 1.29 is 0 Å². The monoisotopic (exact) mass is 913 g/mol. The van der Waals surface area contributed by atoms with Gasteiger partial charge in [0.15, 0.2) is 0 Å². The molecule has 1 heteroatoms. The molecule has 0 saturated carbocycles. The van der Waals surface area contributed by atoms with Crippen LogP contribution in [0, 0.1) is 0 Å². The summed E-state index contributed by atoms with van der Waals surface area (Å²) in [4.78, 5) is 2.48. The fraction of sp³-hybridized carbons (Fsp3) is 0.143. The second kappa shape index (κ2) is 16.9. The molecule has 0 heterocycles. The van der Waals surface area contributed by atoms with Crippen molar-refractivity contribution in [3.63, 3.8) is 0 Å². The van der Waals surface area contributed by atoms with Gasteiger partial charge in [-0.25, -0.2) is 0 Å². The Morgan fingerprint density at radius 1 is 0.282 bits per heavy atom. The van der Waals surface area contributed by atoms with Crippen LogP contribution in [-0.2, 0) is 21.7 Å². The van der Waals surface area contributed by atoms with Crippen LogP contribution in [0.15, 0.2) is 249 Å². The zero-order chi connectivity index (χ0) is 48.5. The number of para-hydroxylation sites is 2. The summed E-state index contributed by atoms with van der Waals surface area (Å²) in [6.45, 7) is 13.8. The summed E-state index contributed by atoms with van der Waals surface area (Å²) in [7, 11) is 0. The lowest BCUT2D eigenvalue weighted by Crippen LogP contribution is -2.29. The van der Waals surface area contributed by atoms with Crippen LogP contribution in [0.25, 0.3) is 33.4 Å². The van der Waals surface area contributed by atoms with Crippen molar-refractivity contribution in [2.75, 3.05) is 4.90 Å². The third-order valence-corrected chi connectivity index (χ3v) is 15.6. The van der Waals surface area contributed by atoms with Gasteiger partial charge in [0, 0.05) is 16.9 Å². The lowest BCUT2D eigenvalue weighted by atomic mass is 9.67. The number of fused-ring (bicyclic) bond motifs is 6. The van der Waals surface area contributed by atoms with E-state index >= 15 is 0 Å². The number of hydrogen-bond donors (Lipinski definition) is 0. The minimum absolute atomic E-state index is 0.0320. The summed E-state index contributed by atoms with van der Waals surface area (Å²) in [6, 6.07) is 93.8. The molecule has 12 rings (SSSR count). The van der Waals surface area contributed by atoms with Crippen molar-refractivity contribution in [1.29, 1.82) is 0 Å². The normalized spacial score (nSPS) is 16.7. The molecule has 0 amide bonds. The molecule has 0 fully saturated rings. The van der Waals surface area contributed by atoms with E-state index in [1.807, 2.05) is 0 Å². The predicted molar refractivity (Wildman–Crippen MR) is 299 cm³/mol. The molecule has 0 aromatic heterocycles. The van der Waals surface area contributed by atoms with Crippen LogP contribution in [0.4, 0.5) is 17.1 Å². The van der Waals surface area contributed by atoms with E-state index in [-0.39, 0.29) is 10.8 Å². The zero-order valence-electron chi connectivity index (χ0n) is 41.6. The average Bonchev–Trinajstić information content (AvgIpc) is 3.87. The molecule has 2 unspecified atom stereocenters. The van der Waals surface area contributed by atoms with Crippen molar-refractivity contribution in [3.05, 3.63) is 304 Å². The number of benzene rings is 10. The van der Waals surface area contributed by atoms with Gasteiger partial charge in [-0.3, -0.25) is 0 Å². The zero-order valence-corrected chi connectivity index (χ0v) is 41.6. The van der Waals surface area contributed by atoms with Gasteiger partial charge in [0.2, 0.25) is 0 Å². The first-order valence-corrected chi connectivity index (χ1v) is 25.3. The minimum Gasteiger partial charge on any atom is -0.310 e. The maximum absolute atomic E-state index is 2.50. The van der Waals surface area contributed by atoms with Gasteiger partial charge < -0.3 is 4.90 Å². The Labute approximate surface area is 420 Å². The Kier molecular flexibility index (Phi) is 10.5. The largest absolute Gasteiger partial charge is 0.310 e. The third-order valence-electron chi connectivity index (χ3n) is 15.6. The molecule has 0 N–H and O–H groups in total. The Hall–Kier alpha value is -8.00. The maximum Gasteiger partial charge on any atom is 0.0714 e. The predicted octanol–water partition coefficient (Wildman–Crippen LogP) is 18.1. The lowest BCUT2D eigenvalue weighted by molar-refractivity contribution is 0.589. The van der Waals surface area contributed by atoms with Crippen LogP contribution in [0.3, 0.4) is 0 Å². The van der Waals surface area contributed by atoms with Crippen LogP contribution in [0.1, 0.15) is 97.2 Å². The van der Waals surface area contributed by atoms with E-state index in [1.165, 1.54) is 83.5 Å². The van der Waals surface area contributed by atoms with Gasteiger partial charge in [0.05, 0.1) is 16.5 Å². The summed E-state index contributed by atoms with van der Waals surface area (Å²) in [6.07, 6.45) is 0. The highest BCUT2D eigenvalue weighted by Gasteiger charge is 2.48. The lowest BCUT2D eigenvalue weighted by Gasteiger charge is -2.35. The quantitative estimate of drug-likeness (QED) is 0.147. The molecular weight excluding hydrogens is 855 g/mol. The molecule has 0 aliphatic heterocycles. The van der Waals surface area contributed by atoms with E-state index in [2.05, 4.69) is 295 Å². The standard InChI is InChI=1S/C70H59N/c1-67(2,3)49-35-39-53(40-36-49)69(51-22-10-7-11-23-51)62-31-19-16-29-58(62)60-44-34-48(46-64(60)69)57-28-18-21-33-66(57)71(55-26-14-9-15-27-55)56-43-45-61-59-30-17-20-32-63(59)70(65(61)47-56,52-24-12-8-13-25-52)54-41-37-50(38-42-54)68(4,5)6/h7-47H,1-6H3. The van der Waals surface area contributed by atoms with Gasteiger partial charge in [-0.2, -0.15) is 0 Å². The number of rotatable bonds is 8. The van der Waals surface area contributed by atoms with Crippen LogP contribution in [-0.4, -0.2) is 0 Å². The van der Waals surface area contributed by atoms with Crippen molar-refractivity contribution >= 4 is 17.1 Å². The molecular formula is C70H59N. The topological polar surface area (TPSA) is 3.24 Å². The smallest absolute Gasteiger partial charge is 0.0714 e. The number of anilines is 3. The fourth-order valence-corrected chi connectivity index (χ4v) is 12.2. The first-order chi connectivity index (χ1) is 34.5. The van der Waals surface area contributed by atoms with E-state index in [0.29, 0.717) is 0 Å². The molecule has 0 saturated heterocycles.